The van der Waals surface area contributed by atoms with E-state index < -0.39 is 27.0 Å². The fraction of sp³-hybridized carbons (Fsp3) is 0.227. The number of hydrogen-bond acceptors (Lipinski definition) is 6. The van der Waals surface area contributed by atoms with Gasteiger partial charge < -0.3 is 8.98 Å². The predicted octanol–water partition coefficient (Wildman–Crippen LogP) is 2.28. The van der Waals surface area contributed by atoms with Crippen molar-refractivity contribution >= 4 is 21.1 Å². The molecule has 0 aliphatic heterocycles. The first-order chi connectivity index (χ1) is 15.6. The zero-order valence-electron chi connectivity index (χ0n) is 18.1. The van der Waals surface area contributed by atoms with Crippen molar-refractivity contribution in [2.45, 2.75) is 24.9 Å². The molecule has 172 valence electrons. The molecule has 2 heterocycles. The van der Waals surface area contributed by atoms with E-state index in [4.69, 9.17) is 4.42 Å². The molecule has 0 saturated carbocycles. The van der Waals surface area contributed by atoms with Crippen molar-refractivity contribution in [3.8, 4) is 11.5 Å². The van der Waals surface area contributed by atoms with Crippen LogP contribution in [0.15, 0.2) is 67.6 Å². The number of sulfonamides is 1. The summed E-state index contributed by atoms with van der Waals surface area (Å²) in [6.07, 6.45) is 1.34. The number of aryl methyl sites for hydroxylation is 1. The van der Waals surface area contributed by atoms with Gasteiger partial charge in [-0.15, -0.1) is 0 Å². The molecule has 0 aliphatic rings. The summed E-state index contributed by atoms with van der Waals surface area (Å²) in [5.74, 6) is -0.177. The topological polar surface area (TPSA) is 107 Å². The molecule has 0 N–H and O–H groups in total. The fourth-order valence-electron chi connectivity index (χ4n) is 3.51. The van der Waals surface area contributed by atoms with Gasteiger partial charge in [-0.2, -0.15) is 0 Å². The Morgan fingerprint density at radius 1 is 1.00 bits per heavy atom. The van der Waals surface area contributed by atoms with Crippen molar-refractivity contribution in [3.63, 3.8) is 0 Å². The molecule has 0 unspecified atom stereocenters. The SMILES string of the molecule is CCn1c(=O)c(=O)n(Cc2coc(-c3ccc(F)cc3)n2)c2cc(S(=O)(=O)N(C)C)ccc21. The maximum absolute atomic E-state index is 13.2. The lowest BCUT2D eigenvalue weighted by molar-refractivity contribution is 0.520. The summed E-state index contributed by atoms with van der Waals surface area (Å²) in [4.78, 5) is 30.0. The molecule has 0 amide bonds. The highest BCUT2D eigenvalue weighted by molar-refractivity contribution is 7.89. The van der Waals surface area contributed by atoms with Gasteiger partial charge in [0.25, 0.3) is 0 Å². The van der Waals surface area contributed by atoms with Gasteiger partial charge in [0.1, 0.15) is 12.1 Å². The molecule has 0 aliphatic carbocycles. The Balaban J connectivity index is 1.88. The molecular weight excluding hydrogens is 451 g/mol. The second-order valence-corrected chi connectivity index (χ2v) is 9.68. The predicted molar refractivity (Wildman–Crippen MR) is 120 cm³/mol. The van der Waals surface area contributed by atoms with Gasteiger partial charge in [0, 0.05) is 26.2 Å². The van der Waals surface area contributed by atoms with Crippen LogP contribution in [0.5, 0.6) is 0 Å². The molecule has 0 radical (unpaired) electrons. The van der Waals surface area contributed by atoms with Crippen molar-refractivity contribution in [2.75, 3.05) is 14.1 Å². The molecule has 0 atom stereocenters. The highest BCUT2D eigenvalue weighted by Gasteiger charge is 2.21. The van der Waals surface area contributed by atoms with Gasteiger partial charge in [0.15, 0.2) is 0 Å². The molecule has 4 aromatic rings. The fourth-order valence-corrected chi connectivity index (χ4v) is 4.43. The number of fused-ring (bicyclic) bond motifs is 1. The lowest BCUT2D eigenvalue weighted by atomic mass is 10.2. The third-order valence-electron chi connectivity index (χ3n) is 5.26. The molecule has 2 aromatic heterocycles. The number of rotatable bonds is 6. The van der Waals surface area contributed by atoms with Crippen LogP contribution in [0, 0.1) is 5.82 Å². The maximum atomic E-state index is 13.2. The molecular formula is C22H21FN4O5S. The van der Waals surface area contributed by atoms with Gasteiger partial charge in [-0.25, -0.2) is 22.1 Å². The van der Waals surface area contributed by atoms with Gasteiger partial charge in [-0.1, -0.05) is 0 Å². The molecule has 33 heavy (non-hydrogen) atoms. The Morgan fingerprint density at radius 3 is 2.30 bits per heavy atom. The summed E-state index contributed by atoms with van der Waals surface area (Å²) in [6, 6.07) is 9.85. The van der Waals surface area contributed by atoms with Gasteiger partial charge in [-0.3, -0.25) is 14.2 Å². The van der Waals surface area contributed by atoms with E-state index in [1.54, 1.807) is 6.92 Å². The minimum Gasteiger partial charge on any atom is -0.444 e. The van der Waals surface area contributed by atoms with E-state index >= 15 is 0 Å². The van der Waals surface area contributed by atoms with Crippen LogP contribution in [0.3, 0.4) is 0 Å². The smallest absolute Gasteiger partial charge is 0.317 e. The van der Waals surface area contributed by atoms with E-state index in [1.165, 1.54) is 72.0 Å². The number of hydrogen-bond donors (Lipinski definition) is 0. The highest BCUT2D eigenvalue weighted by atomic mass is 32.2. The minimum atomic E-state index is -3.77. The number of nitrogens with zero attached hydrogens (tertiary/aromatic N) is 4. The quantitative estimate of drug-likeness (QED) is 0.399. The van der Waals surface area contributed by atoms with Gasteiger partial charge in [0.2, 0.25) is 15.9 Å². The number of aromatic nitrogens is 3. The largest absolute Gasteiger partial charge is 0.444 e. The Morgan fingerprint density at radius 2 is 1.67 bits per heavy atom. The van der Waals surface area contributed by atoms with Crippen molar-refractivity contribution in [2.24, 2.45) is 0 Å². The molecule has 4 rings (SSSR count). The second kappa shape index (κ2) is 8.41. The average Bonchev–Trinajstić information content (AvgIpc) is 3.26. The van der Waals surface area contributed by atoms with Gasteiger partial charge >= 0.3 is 11.1 Å². The van der Waals surface area contributed by atoms with E-state index in [0.29, 0.717) is 16.8 Å². The van der Waals surface area contributed by atoms with E-state index in [-0.39, 0.29) is 29.4 Å². The second-order valence-electron chi connectivity index (χ2n) is 7.53. The summed E-state index contributed by atoms with van der Waals surface area (Å²) in [6.45, 7) is 1.84. The van der Waals surface area contributed by atoms with Crippen molar-refractivity contribution in [1.29, 1.82) is 0 Å². The van der Waals surface area contributed by atoms with Crippen molar-refractivity contribution in [3.05, 3.63) is 80.9 Å². The Bertz CT molecular complexity index is 1570. The van der Waals surface area contributed by atoms with E-state index in [9.17, 15) is 22.4 Å². The first-order valence-corrected chi connectivity index (χ1v) is 11.5. The summed E-state index contributed by atoms with van der Waals surface area (Å²) in [5, 5.41) is 0. The van der Waals surface area contributed by atoms with Gasteiger partial charge in [-0.05, 0) is 49.4 Å². The van der Waals surface area contributed by atoms with Crippen molar-refractivity contribution < 1.29 is 17.2 Å². The highest BCUT2D eigenvalue weighted by Crippen LogP contribution is 2.22. The van der Waals surface area contributed by atoms with E-state index in [2.05, 4.69) is 4.98 Å². The van der Waals surface area contributed by atoms with Crippen LogP contribution in [0.2, 0.25) is 0 Å². The molecule has 0 spiro atoms. The third kappa shape index (κ3) is 4.00. The average molecular weight is 472 g/mol. The molecule has 0 saturated heterocycles. The van der Waals surface area contributed by atoms with Crippen LogP contribution in [0.4, 0.5) is 4.39 Å². The van der Waals surface area contributed by atoms with E-state index in [1.807, 2.05) is 0 Å². The molecule has 2 aromatic carbocycles. The molecule has 0 bridgehead atoms. The molecule has 11 heteroatoms. The summed E-state index contributed by atoms with van der Waals surface area (Å²) >= 11 is 0. The standard InChI is InChI=1S/C22H21FN4O5S/c1-4-26-18-10-9-17(33(30,31)25(2)3)11-19(18)27(22(29)21(26)28)12-16-13-32-20(24-16)14-5-7-15(23)8-6-14/h5-11,13H,4,12H2,1-3H3. The first-order valence-electron chi connectivity index (χ1n) is 10.0. The minimum absolute atomic E-state index is 0.0124. The lowest BCUT2D eigenvalue weighted by Crippen LogP contribution is -2.41. The number of halogens is 1. The lowest BCUT2D eigenvalue weighted by Gasteiger charge is -2.16. The molecule has 0 fully saturated rings. The van der Waals surface area contributed by atoms with Crippen LogP contribution in [0.1, 0.15) is 12.6 Å². The third-order valence-corrected chi connectivity index (χ3v) is 7.07. The summed E-state index contributed by atoms with van der Waals surface area (Å²) in [5.41, 5.74) is 0.0381. The van der Waals surface area contributed by atoms with Crippen LogP contribution < -0.4 is 11.1 Å². The molecule has 9 nitrogen and oxygen atoms in total. The van der Waals surface area contributed by atoms with Crippen LogP contribution in [-0.2, 0) is 23.1 Å². The Hall–Kier alpha value is -3.57. The number of oxazole rings is 1. The zero-order valence-corrected chi connectivity index (χ0v) is 19.0. The maximum Gasteiger partial charge on any atom is 0.317 e. The number of benzene rings is 2. The van der Waals surface area contributed by atoms with Crippen molar-refractivity contribution in [1.82, 2.24) is 18.4 Å². The monoisotopic (exact) mass is 472 g/mol. The van der Waals surface area contributed by atoms with Crippen LogP contribution in [0.25, 0.3) is 22.5 Å². The van der Waals surface area contributed by atoms with Crippen LogP contribution >= 0.6 is 0 Å². The Kier molecular flexibility index (Phi) is 5.76. The van der Waals surface area contributed by atoms with E-state index in [0.717, 1.165) is 4.31 Å². The Labute approximate surface area is 188 Å². The zero-order chi connectivity index (χ0) is 23.9. The normalized spacial score (nSPS) is 12.0. The summed E-state index contributed by atoms with van der Waals surface area (Å²) < 4.78 is 47.5. The van der Waals surface area contributed by atoms with Gasteiger partial charge in [0.05, 0.1) is 28.2 Å². The first kappa shape index (κ1) is 22.6. The summed E-state index contributed by atoms with van der Waals surface area (Å²) in [7, 11) is -0.953. The van der Waals surface area contributed by atoms with Crippen LogP contribution in [-0.4, -0.2) is 40.9 Å².